The molecule has 1 aromatic carbocycles. The standard InChI is InChI=1S/C21H29N3O2S/c1-13(2)15-7-9-16(10-8-15)20(17-6-5-11-27-17)24-18(25)12-23-21(26)19(22)14(3)4/h5-11,13-14,19-20H,12,22H2,1-4H3,(H,23,26)(H,24,25)/t19-,20?/m0/s1. The van der Waals surface area contributed by atoms with Crippen LogP contribution in [-0.4, -0.2) is 24.4 Å². The fourth-order valence-corrected chi connectivity index (χ4v) is 3.45. The zero-order valence-corrected chi connectivity index (χ0v) is 17.2. The smallest absolute Gasteiger partial charge is 0.240 e. The molecule has 0 saturated heterocycles. The van der Waals surface area contributed by atoms with Crippen molar-refractivity contribution in [3.63, 3.8) is 0 Å². The Morgan fingerprint density at radius 2 is 1.67 bits per heavy atom. The van der Waals surface area contributed by atoms with Gasteiger partial charge < -0.3 is 16.4 Å². The number of amides is 2. The fraction of sp³-hybridized carbons (Fsp3) is 0.429. The molecule has 2 amide bonds. The molecule has 0 aliphatic rings. The summed E-state index contributed by atoms with van der Waals surface area (Å²) in [4.78, 5) is 25.4. The summed E-state index contributed by atoms with van der Waals surface area (Å²) in [6.07, 6.45) is 0. The van der Waals surface area contributed by atoms with Crippen LogP contribution in [0.1, 0.15) is 55.7 Å². The van der Waals surface area contributed by atoms with E-state index in [1.165, 1.54) is 5.56 Å². The first-order valence-corrected chi connectivity index (χ1v) is 10.1. The summed E-state index contributed by atoms with van der Waals surface area (Å²) in [5, 5.41) is 7.63. The summed E-state index contributed by atoms with van der Waals surface area (Å²) in [7, 11) is 0. The predicted molar refractivity (Wildman–Crippen MR) is 111 cm³/mol. The monoisotopic (exact) mass is 387 g/mol. The zero-order valence-electron chi connectivity index (χ0n) is 16.4. The molecule has 0 radical (unpaired) electrons. The van der Waals surface area contributed by atoms with Crippen molar-refractivity contribution < 1.29 is 9.59 Å². The summed E-state index contributed by atoms with van der Waals surface area (Å²) in [5.74, 6) is -0.0830. The van der Waals surface area contributed by atoms with Gasteiger partial charge in [0, 0.05) is 4.88 Å². The van der Waals surface area contributed by atoms with Gasteiger partial charge in [0.15, 0.2) is 0 Å². The van der Waals surface area contributed by atoms with E-state index >= 15 is 0 Å². The number of thiophene rings is 1. The molecule has 2 atom stereocenters. The minimum Gasteiger partial charge on any atom is -0.346 e. The van der Waals surface area contributed by atoms with Crippen LogP contribution in [0.4, 0.5) is 0 Å². The van der Waals surface area contributed by atoms with Crippen molar-refractivity contribution >= 4 is 23.2 Å². The van der Waals surface area contributed by atoms with Crippen LogP contribution in [0, 0.1) is 5.92 Å². The highest BCUT2D eigenvalue weighted by Gasteiger charge is 2.21. The molecule has 0 aliphatic carbocycles. The van der Waals surface area contributed by atoms with E-state index in [1.807, 2.05) is 43.5 Å². The molecule has 27 heavy (non-hydrogen) atoms. The average molecular weight is 388 g/mol. The summed E-state index contributed by atoms with van der Waals surface area (Å²) < 4.78 is 0. The average Bonchev–Trinajstić information content (AvgIpc) is 3.17. The lowest BCUT2D eigenvalue weighted by Gasteiger charge is -2.20. The maximum absolute atomic E-state index is 12.4. The Bertz CT molecular complexity index is 739. The van der Waals surface area contributed by atoms with Gasteiger partial charge in [-0.25, -0.2) is 0 Å². The second-order valence-corrected chi connectivity index (χ2v) is 8.30. The Kier molecular flexibility index (Phi) is 7.56. The molecule has 1 aromatic heterocycles. The van der Waals surface area contributed by atoms with E-state index in [-0.39, 0.29) is 30.3 Å². The minimum atomic E-state index is -0.616. The zero-order chi connectivity index (χ0) is 20.0. The lowest BCUT2D eigenvalue weighted by atomic mass is 9.98. The highest BCUT2D eigenvalue weighted by molar-refractivity contribution is 7.10. The van der Waals surface area contributed by atoms with E-state index in [0.717, 1.165) is 10.4 Å². The first-order chi connectivity index (χ1) is 12.8. The number of rotatable bonds is 8. The maximum Gasteiger partial charge on any atom is 0.240 e. The van der Waals surface area contributed by atoms with Crippen LogP contribution in [0.15, 0.2) is 41.8 Å². The van der Waals surface area contributed by atoms with Gasteiger partial charge in [0.2, 0.25) is 11.8 Å². The second kappa shape index (κ2) is 9.67. The highest BCUT2D eigenvalue weighted by Crippen LogP contribution is 2.27. The lowest BCUT2D eigenvalue weighted by molar-refractivity contribution is -0.127. The summed E-state index contributed by atoms with van der Waals surface area (Å²) in [6, 6.07) is 11.4. The van der Waals surface area contributed by atoms with Crippen LogP contribution in [-0.2, 0) is 9.59 Å². The number of nitrogens with two attached hydrogens (primary N) is 1. The third-order valence-electron chi connectivity index (χ3n) is 4.51. The van der Waals surface area contributed by atoms with Crippen molar-refractivity contribution in [2.24, 2.45) is 11.7 Å². The van der Waals surface area contributed by atoms with Gasteiger partial charge in [-0.15, -0.1) is 11.3 Å². The molecule has 2 aromatic rings. The van der Waals surface area contributed by atoms with E-state index in [4.69, 9.17) is 5.73 Å². The van der Waals surface area contributed by atoms with Crippen molar-refractivity contribution in [3.05, 3.63) is 57.8 Å². The van der Waals surface area contributed by atoms with Gasteiger partial charge in [-0.1, -0.05) is 58.0 Å². The summed E-state index contributed by atoms with van der Waals surface area (Å²) >= 11 is 1.59. The third kappa shape index (κ3) is 5.91. The molecule has 4 N–H and O–H groups in total. The van der Waals surface area contributed by atoms with Crippen LogP contribution in [0.5, 0.6) is 0 Å². The molecule has 0 spiro atoms. The Morgan fingerprint density at radius 1 is 1.04 bits per heavy atom. The fourth-order valence-electron chi connectivity index (χ4n) is 2.65. The summed E-state index contributed by atoms with van der Waals surface area (Å²) in [5.41, 5.74) is 8.08. The molecule has 2 rings (SSSR count). The Hall–Kier alpha value is -2.18. The normalized spacial score (nSPS) is 13.4. The predicted octanol–water partition coefficient (Wildman–Crippen LogP) is 3.18. The molecular formula is C21H29N3O2S. The van der Waals surface area contributed by atoms with E-state index in [0.29, 0.717) is 5.92 Å². The highest BCUT2D eigenvalue weighted by atomic mass is 32.1. The number of carbonyl (C=O) groups is 2. The summed E-state index contributed by atoms with van der Waals surface area (Å²) in [6.45, 7) is 7.96. The van der Waals surface area contributed by atoms with Crippen molar-refractivity contribution in [3.8, 4) is 0 Å². The quantitative estimate of drug-likeness (QED) is 0.650. The van der Waals surface area contributed by atoms with Gasteiger partial charge in [0.1, 0.15) is 0 Å². The molecular weight excluding hydrogens is 358 g/mol. The molecule has 1 unspecified atom stereocenters. The molecule has 146 valence electrons. The van der Waals surface area contributed by atoms with Gasteiger partial charge in [-0.05, 0) is 34.4 Å². The SMILES string of the molecule is CC(C)c1ccc(C(NC(=O)CNC(=O)[C@@H](N)C(C)C)c2cccs2)cc1. The van der Waals surface area contributed by atoms with Gasteiger partial charge in [0.25, 0.3) is 0 Å². The maximum atomic E-state index is 12.4. The Morgan fingerprint density at radius 3 is 2.19 bits per heavy atom. The number of benzene rings is 1. The molecule has 0 fully saturated rings. The first kappa shape index (κ1) is 21.1. The van der Waals surface area contributed by atoms with Crippen LogP contribution in [0.2, 0.25) is 0 Å². The van der Waals surface area contributed by atoms with E-state index in [1.54, 1.807) is 11.3 Å². The Balaban J connectivity index is 2.07. The molecule has 0 bridgehead atoms. The van der Waals surface area contributed by atoms with Gasteiger partial charge >= 0.3 is 0 Å². The van der Waals surface area contributed by atoms with Crippen molar-refractivity contribution in [2.45, 2.75) is 45.7 Å². The van der Waals surface area contributed by atoms with Crippen molar-refractivity contribution in [2.75, 3.05) is 6.54 Å². The van der Waals surface area contributed by atoms with E-state index in [2.05, 4.69) is 36.6 Å². The number of nitrogens with one attached hydrogen (secondary N) is 2. The Labute approximate surface area is 165 Å². The largest absolute Gasteiger partial charge is 0.346 e. The van der Waals surface area contributed by atoms with Crippen LogP contribution >= 0.6 is 11.3 Å². The third-order valence-corrected chi connectivity index (χ3v) is 5.45. The van der Waals surface area contributed by atoms with Gasteiger partial charge in [-0.2, -0.15) is 0 Å². The van der Waals surface area contributed by atoms with Crippen LogP contribution in [0.25, 0.3) is 0 Å². The van der Waals surface area contributed by atoms with Crippen LogP contribution in [0.3, 0.4) is 0 Å². The number of carbonyl (C=O) groups excluding carboxylic acids is 2. The molecule has 5 nitrogen and oxygen atoms in total. The molecule has 0 saturated carbocycles. The van der Waals surface area contributed by atoms with E-state index in [9.17, 15) is 9.59 Å². The minimum absolute atomic E-state index is 0.0198. The molecule has 0 aliphatic heterocycles. The van der Waals surface area contributed by atoms with Crippen molar-refractivity contribution in [1.29, 1.82) is 0 Å². The second-order valence-electron chi connectivity index (χ2n) is 7.32. The first-order valence-electron chi connectivity index (χ1n) is 9.25. The molecule has 1 heterocycles. The lowest BCUT2D eigenvalue weighted by Crippen LogP contribution is -2.47. The topological polar surface area (TPSA) is 84.2 Å². The van der Waals surface area contributed by atoms with Gasteiger partial charge in [0.05, 0.1) is 18.6 Å². The van der Waals surface area contributed by atoms with Crippen molar-refractivity contribution in [1.82, 2.24) is 10.6 Å². The number of hydrogen-bond donors (Lipinski definition) is 3. The number of hydrogen-bond acceptors (Lipinski definition) is 4. The van der Waals surface area contributed by atoms with Gasteiger partial charge in [-0.3, -0.25) is 9.59 Å². The van der Waals surface area contributed by atoms with Crippen LogP contribution < -0.4 is 16.4 Å². The van der Waals surface area contributed by atoms with E-state index < -0.39 is 6.04 Å². The molecule has 6 heteroatoms.